The molecule has 0 aromatic heterocycles. The molecule has 3 rings (SSSR count). The molecule has 6 heteroatoms. The number of carbonyl (C=O) groups excluding carboxylic acids is 1. The number of hydrogen-bond acceptors (Lipinski definition) is 3. The van der Waals surface area contributed by atoms with E-state index in [1.807, 2.05) is 0 Å². The maximum absolute atomic E-state index is 12.4. The van der Waals surface area contributed by atoms with Gasteiger partial charge >= 0.3 is 0 Å². The van der Waals surface area contributed by atoms with Crippen LogP contribution in [0.25, 0.3) is 0 Å². The Kier molecular flexibility index (Phi) is 3.65. The molecule has 0 heterocycles. The molecule has 0 radical (unpaired) electrons. The van der Waals surface area contributed by atoms with Crippen LogP contribution in [0.2, 0.25) is 0 Å². The van der Waals surface area contributed by atoms with Crippen molar-refractivity contribution < 1.29 is 13.2 Å². The average Bonchev–Trinajstić information content (AvgIpc) is 3.01. The summed E-state index contributed by atoms with van der Waals surface area (Å²) in [6, 6.07) is 6.89. The predicted molar refractivity (Wildman–Crippen MR) is 82.5 cm³/mol. The summed E-state index contributed by atoms with van der Waals surface area (Å²) in [6.45, 7) is 0. The van der Waals surface area contributed by atoms with E-state index in [4.69, 9.17) is 0 Å². The highest BCUT2D eigenvalue weighted by molar-refractivity contribution is 7.92. The van der Waals surface area contributed by atoms with Gasteiger partial charge in [0.1, 0.15) is 0 Å². The Morgan fingerprint density at radius 2 is 1.86 bits per heavy atom. The highest BCUT2D eigenvalue weighted by Crippen LogP contribution is 2.48. The molecule has 1 aromatic rings. The Bertz CT molecular complexity index is 657. The summed E-state index contributed by atoms with van der Waals surface area (Å²) in [7, 11) is -3.36. The number of nitrogens with one attached hydrogen (secondary N) is 2. The van der Waals surface area contributed by atoms with Crippen LogP contribution in [0.1, 0.15) is 25.7 Å². The number of benzene rings is 1. The second-order valence-corrected chi connectivity index (χ2v) is 7.94. The number of anilines is 2. The van der Waals surface area contributed by atoms with Gasteiger partial charge in [-0.2, -0.15) is 0 Å². The van der Waals surface area contributed by atoms with Crippen molar-refractivity contribution in [2.24, 2.45) is 17.8 Å². The van der Waals surface area contributed by atoms with Gasteiger partial charge in [0.05, 0.1) is 17.6 Å². The molecule has 2 N–H and O–H groups in total. The number of hydrogen-bond donors (Lipinski definition) is 2. The fourth-order valence-corrected chi connectivity index (χ4v) is 4.25. The lowest BCUT2D eigenvalue weighted by molar-refractivity contribution is -0.121. The molecule has 2 fully saturated rings. The monoisotopic (exact) mass is 308 g/mol. The van der Waals surface area contributed by atoms with Gasteiger partial charge in [-0.25, -0.2) is 8.42 Å². The second kappa shape index (κ2) is 5.33. The highest BCUT2D eigenvalue weighted by atomic mass is 32.2. The molecule has 114 valence electrons. The Morgan fingerprint density at radius 1 is 1.14 bits per heavy atom. The minimum atomic E-state index is -3.36. The van der Waals surface area contributed by atoms with Gasteiger partial charge in [-0.15, -0.1) is 0 Å². The third kappa shape index (κ3) is 3.20. The molecule has 2 bridgehead atoms. The van der Waals surface area contributed by atoms with Crippen LogP contribution >= 0.6 is 0 Å². The van der Waals surface area contributed by atoms with Crippen LogP contribution in [-0.4, -0.2) is 20.6 Å². The first-order valence-corrected chi connectivity index (χ1v) is 9.19. The predicted octanol–water partition coefficient (Wildman–Crippen LogP) is 2.43. The van der Waals surface area contributed by atoms with E-state index in [1.54, 1.807) is 24.3 Å². The van der Waals surface area contributed by atoms with E-state index < -0.39 is 10.0 Å². The maximum atomic E-state index is 12.4. The van der Waals surface area contributed by atoms with Crippen LogP contribution in [0.15, 0.2) is 24.3 Å². The first-order chi connectivity index (χ1) is 9.92. The van der Waals surface area contributed by atoms with E-state index in [-0.39, 0.29) is 11.8 Å². The number of fused-ring (bicyclic) bond motifs is 2. The Hall–Kier alpha value is -1.56. The van der Waals surface area contributed by atoms with Crippen molar-refractivity contribution in [3.63, 3.8) is 0 Å². The normalized spacial score (nSPS) is 27.6. The van der Waals surface area contributed by atoms with Gasteiger partial charge in [0.2, 0.25) is 15.9 Å². The lowest BCUT2D eigenvalue weighted by atomic mass is 9.88. The van der Waals surface area contributed by atoms with Crippen LogP contribution in [0, 0.1) is 17.8 Å². The average molecular weight is 308 g/mol. The molecular formula is C15H20N2O3S. The van der Waals surface area contributed by atoms with Crippen LogP contribution in [-0.2, 0) is 14.8 Å². The molecular weight excluding hydrogens is 288 g/mol. The molecule has 0 spiro atoms. The molecule has 21 heavy (non-hydrogen) atoms. The van der Waals surface area contributed by atoms with Crippen molar-refractivity contribution >= 4 is 27.3 Å². The molecule has 2 saturated carbocycles. The molecule has 1 aromatic carbocycles. The molecule has 0 unspecified atom stereocenters. The van der Waals surface area contributed by atoms with Gasteiger partial charge in [0, 0.05) is 5.92 Å². The topological polar surface area (TPSA) is 75.3 Å². The van der Waals surface area contributed by atoms with Crippen molar-refractivity contribution in [3.05, 3.63) is 24.3 Å². The number of sulfonamides is 1. The molecule has 2 aliphatic carbocycles. The number of amides is 1. The third-order valence-corrected chi connectivity index (χ3v) is 5.15. The SMILES string of the molecule is CS(=O)(=O)Nc1ccccc1NC(=O)[C@H]1C[C@H]2CC[C@H]1C2. The van der Waals surface area contributed by atoms with Crippen molar-refractivity contribution in [2.45, 2.75) is 25.7 Å². The fraction of sp³-hybridized carbons (Fsp3) is 0.533. The van der Waals surface area contributed by atoms with E-state index in [1.165, 1.54) is 12.8 Å². The summed E-state index contributed by atoms with van der Waals surface area (Å²) in [5.41, 5.74) is 0.937. The highest BCUT2D eigenvalue weighted by Gasteiger charge is 2.43. The zero-order valence-corrected chi connectivity index (χ0v) is 12.8. The van der Waals surface area contributed by atoms with E-state index in [0.29, 0.717) is 23.2 Å². The van der Waals surface area contributed by atoms with E-state index in [2.05, 4.69) is 10.0 Å². The summed E-state index contributed by atoms with van der Waals surface area (Å²) in [5, 5.41) is 2.89. The van der Waals surface area contributed by atoms with Crippen LogP contribution in [0.4, 0.5) is 11.4 Å². The summed E-state index contributed by atoms with van der Waals surface area (Å²) in [6.07, 6.45) is 5.63. The first kappa shape index (κ1) is 14.4. The Labute approximate surface area is 125 Å². The standard InChI is InChI=1S/C15H20N2O3S/c1-21(19,20)17-14-5-3-2-4-13(14)16-15(18)12-9-10-6-7-11(12)8-10/h2-5,10-12,17H,6-9H2,1H3,(H,16,18)/t10-,11-,12-/m0/s1. The zero-order valence-electron chi connectivity index (χ0n) is 12.0. The minimum Gasteiger partial charge on any atom is -0.324 e. The number of rotatable bonds is 4. The molecule has 0 saturated heterocycles. The Balaban J connectivity index is 1.74. The van der Waals surface area contributed by atoms with Gasteiger partial charge in [-0.3, -0.25) is 9.52 Å². The van der Waals surface area contributed by atoms with Crippen molar-refractivity contribution in [1.82, 2.24) is 0 Å². The summed E-state index contributed by atoms with van der Waals surface area (Å²) < 4.78 is 25.2. The molecule has 2 aliphatic rings. The van der Waals surface area contributed by atoms with Crippen LogP contribution in [0.3, 0.4) is 0 Å². The minimum absolute atomic E-state index is 0.0185. The van der Waals surface area contributed by atoms with E-state index in [9.17, 15) is 13.2 Å². The van der Waals surface area contributed by atoms with Crippen molar-refractivity contribution in [3.8, 4) is 0 Å². The summed E-state index contributed by atoms with van der Waals surface area (Å²) in [5.74, 6) is 1.31. The number of para-hydroxylation sites is 2. The third-order valence-electron chi connectivity index (χ3n) is 4.56. The quantitative estimate of drug-likeness (QED) is 0.897. The molecule has 5 nitrogen and oxygen atoms in total. The summed E-state index contributed by atoms with van der Waals surface area (Å²) >= 11 is 0. The molecule has 1 amide bonds. The molecule has 0 aliphatic heterocycles. The first-order valence-electron chi connectivity index (χ1n) is 7.30. The van der Waals surface area contributed by atoms with Gasteiger partial charge in [0.25, 0.3) is 0 Å². The second-order valence-electron chi connectivity index (χ2n) is 6.19. The fourth-order valence-electron chi connectivity index (χ4n) is 3.67. The number of carbonyl (C=O) groups is 1. The lowest BCUT2D eigenvalue weighted by Gasteiger charge is -2.21. The smallest absolute Gasteiger partial charge is 0.229 e. The van der Waals surface area contributed by atoms with E-state index >= 15 is 0 Å². The lowest BCUT2D eigenvalue weighted by Crippen LogP contribution is -2.27. The van der Waals surface area contributed by atoms with Crippen LogP contribution in [0.5, 0.6) is 0 Å². The van der Waals surface area contributed by atoms with E-state index in [0.717, 1.165) is 19.1 Å². The summed E-state index contributed by atoms with van der Waals surface area (Å²) in [4.78, 5) is 12.4. The Morgan fingerprint density at radius 3 is 2.43 bits per heavy atom. The largest absolute Gasteiger partial charge is 0.324 e. The van der Waals surface area contributed by atoms with Gasteiger partial charge < -0.3 is 5.32 Å². The van der Waals surface area contributed by atoms with Gasteiger partial charge in [-0.1, -0.05) is 18.6 Å². The van der Waals surface area contributed by atoms with Crippen LogP contribution < -0.4 is 10.0 Å². The van der Waals surface area contributed by atoms with Gasteiger partial charge in [-0.05, 0) is 43.2 Å². The zero-order chi connectivity index (χ0) is 15.0. The van der Waals surface area contributed by atoms with Crippen molar-refractivity contribution in [1.29, 1.82) is 0 Å². The molecule has 3 atom stereocenters. The van der Waals surface area contributed by atoms with Crippen molar-refractivity contribution in [2.75, 3.05) is 16.3 Å². The maximum Gasteiger partial charge on any atom is 0.229 e. The van der Waals surface area contributed by atoms with Gasteiger partial charge in [0.15, 0.2) is 0 Å².